The monoisotopic (exact) mass is 537 g/mol. The van der Waals surface area contributed by atoms with E-state index in [1.807, 2.05) is 60.7 Å². The number of alkyl carbamates (subject to hydrolysis) is 1. The van der Waals surface area contributed by atoms with E-state index in [0.717, 1.165) is 11.1 Å². The van der Waals surface area contributed by atoms with Gasteiger partial charge in [-0.15, -0.1) is 0 Å². The van der Waals surface area contributed by atoms with E-state index in [1.54, 1.807) is 25.7 Å². The number of hydrogen-bond donors (Lipinski definition) is 2. The Morgan fingerprint density at radius 1 is 0.974 bits per heavy atom. The van der Waals surface area contributed by atoms with Crippen LogP contribution in [0.1, 0.15) is 63.5 Å². The number of likely N-dealkylation sites (tertiary alicyclic amines) is 1. The summed E-state index contributed by atoms with van der Waals surface area (Å²) in [6.07, 6.45) is 1.09. The zero-order valence-corrected chi connectivity index (χ0v) is 23.1. The third kappa shape index (κ3) is 8.56. The fourth-order valence-corrected chi connectivity index (χ4v) is 4.77. The Morgan fingerprint density at radius 3 is 2.10 bits per heavy atom. The van der Waals surface area contributed by atoms with Crippen LogP contribution in [0.3, 0.4) is 0 Å². The van der Waals surface area contributed by atoms with E-state index in [4.69, 9.17) is 4.74 Å². The number of benzene rings is 2. The number of amides is 3. The molecule has 2 aromatic carbocycles. The fourth-order valence-electron chi connectivity index (χ4n) is 4.77. The molecule has 1 aliphatic rings. The van der Waals surface area contributed by atoms with Gasteiger partial charge in [-0.1, -0.05) is 60.7 Å². The van der Waals surface area contributed by atoms with E-state index in [9.17, 15) is 19.2 Å². The standard InChI is InChI=1S/C30H39N3O6/c1-30(2,3)39-29(37)32-26(25(21-13-7-5-8-14-21)22-15-9-6-10-16-22)28(36)33-20-12-17-23(33)27(35)31-19-11-18-24(34)38-4/h5-10,13-16,23,25-26H,11-12,17-20H2,1-4H3,(H,31,35)(H,32,37)/t23-,26+/m0/s1. The molecule has 0 bridgehead atoms. The van der Waals surface area contributed by atoms with Crippen LogP contribution in [0.5, 0.6) is 0 Å². The normalized spacial score (nSPS) is 15.9. The van der Waals surface area contributed by atoms with Gasteiger partial charge in [-0.3, -0.25) is 14.4 Å². The number of carbonyl (C=O) groups excluding carboxylic acids is 4. The molecule has 9 nitrogen and oxygen atoms in total. The predicted octanol–water partition coefficient (Wildman–Crippen LogP) is 3.77. The molecule has 1 fully saturated rings. The van der Waals surface area contributed by atoms with Crippen LogP contribution in [0.25, 0.3) is 0 Å². The maximum Gasteiger partial charge on any atom is 0.408 e. The van der Waals surface area contributed by atoms with E-state index < -0.39 is 29.7 Å². The van der Waals surface area contributed by atoms with Crippen LogP contribution in [-0.2, 0) is 23.9 Å². The third-order valence-electron chi connectivity index (χ3n) is 6.51. The van der Waals surface area contributed by atoms with Gasteiger partial charge in [0.05, 0.1) is 7.11 Å². The van der Waals surface area contributed by atoms with Crippen molar-refractivity contribution in [3.63, 3.8) is 0 Å². The van der Waals surface area contributed by atoms with E-state index in [-0.39, 0.29) is 24.2 Å². The quantitative estimate of drug-likeness (QED) is 0.352. The molecule has 0 unspecified atom stereocenters. The van der Waals surface area contributed by atoms with Gasteiger partial charge in [-0.05, 0) is 51.2 Å². The van der Waals surface area contributed by atoms with Gasteiger partial charge in [-0.25, -0.2) is 4.79 Å². The van der Waals surface area contributed by atoms with Crippen LogP contribution >= 0.6 is 0 Å². The Balaban J connectivity index is 1.90. The average molecular weight is 538 g/mol. The molecule has 1 aliphatic heterocycles. The molecular weight excluding hydrogens is 498 g/mol. The van der Waals surface area contributed by atoms with Gasteiger partial charge in [0.15, 0.2) is 0 Å². The first-order valence-corrected chi connectivity index (χ1v) is 13.3. The van der Waals surface area contributed by atoms with Crippen molar-refractivity contribution >= 4 is 23.9 Å². The number of methoxy groups -OCH3 is 1. The fraction of sp³-hybridized carbons (Fsp3) is 0.467. The molecule has 210 valence electrons. The molecule has 9 heteroatoms. The average Bonchev–Trinajstić information content (AvgIpc) is 3.40. The molecule has 39 heavy (non-hydrogen) atoms. The molecule has 1 saturated heterocycles. The highest BCUT2D eigenvalue weighted by molar-refractivity contribution is 5.93. The summed E-state index contributed by atoms with van der Waals surface area (Å²) in [6.45, 7) is 5.97. The van der Waals surface area contributed by atoms with Gasteiger partial charge >= 0.3 is 12.1 Å². The Kier molecular flexibility index (Phi) is 10.5. The number of carbonyl (C=O) groups is 4. The van der Waals surface area contributed by atoms with Crippen LogP contribution in [0, 0.1) is 0 Å². The number of ether oxygens (including phenoxy) is 2. The van der Waals surface area contributed by atoms with Crippen molar-refractivity contribution in [3.8, 4) is 0 Å². The van der Waals surface area contributed by atoms with Gasteiger partial charge in [0.25, 0.3) is 0 Å². The number of nitrogens with zero attached hydrogens (tertiary/aromatic N) is 1. The third-order valence-corrected chi connectivity index (χ3v) is 6.51. The maximum absolute atomic E-state index is 14.2. The number of rotatable bonds is 10. The van der Waals surface area contributed by atoms with Crippen molar-refractivity contribution in [1.29, 1.82) is 0 Å². The van der Waals surface area contributed by atoms with Crippen molar-refractivity contribution < 1.29 is 28.7 Å². The second kappa shape index (κ2) is 13.8. The predicted molar refractivity (Wildman–Crippen MR) is 147 cm³/mol. The first kappa shape index (κ1) is 29.7. The second-order valence-electron chi connectivity index (χ2n) is 10.6. The smallest absolute Gasteiger partial charge is 0.408 e. The summed E-state index contributed by atoms with van der Waals surface area (Å²) in [5.41, 5.74) is 0.940. The van der Waals surface area contributed by atoms with Gasteiger partial charge in [0.1, 0.15) is 17.7 Å². The summed E-state index contributed by atoms with van der Waals surface area (Å²) in [6, 6.07) is 17.3. The Morgan fingerprint density at radius 2 is 1.56 bits per heavy atom. The minimum atomic E-state index is -1.02. The second-order valence-corrected chi connectivity index (χ2v) is 10.6. The molecule has 0 aromatic heterocycles. The lowest BCUT2D eigenvalue weighted by Crippen LogP contribution is -2.56. The summed E-state index contributed by atoms with van der Waals surface area (Å²) in [5, 5.41) is 5.68. The lowest BCUT2D eigenvalue weighted by atomic mass is 9.84. The Labute approximate surface area is 230 Å². The molecule has 1 heterocycles. The highest BCUT2D eigenvalue weighted by Gasteiger charge is 2.42. The molecule has 0 saturated carbocycles. The van der Waals surface area contributed by atoms with Crippen LogP contribution in [-0.4, -0.2) is 66.7 Å². The molecule has 2 N–H and O–H groups in total. The summed E-state index contributed by atoms with van der Waals surface area (Å²) in [4.78, 5) is 53.2. The molecule has 0 radical (unpaired) electrons. The highest BCUT2D eigenvalue weighted by atomic mass is 16.6. The van der Waals surface area contributed by atoms with Crippen LogP contribution in [0.2, 0.25) is 0 Å². The summed E-state index contributed by atoms with van der Waals surface area (Å²) in [5.74, 6) is -1.49. The number of hydrogen-bond acceptors (Lipinski definition) is 6. The molecule has 3 rings (SSSR count). The summed E-state index contributed by atoms with van der Waals surface area (Å²) in [7, 11) is 1.32. The minimum absolute atomic E-state index is 0.196. The SMILES string of the molecule is COC(=O)CCCNC(=O)[C@@H]1CCCN1C(=O)[C@H](NC(=O)OC(C)(C)C)C(c1ccccc1)c1ccccc1. The molecular formula is C30H39N3O6. The molecule has 0 spiro atoms. The molecule has 2 atom stereocenters. The van der Waals surface area contributed by atoms with Gasteiger partial charge < -0.3 is 25.0 Å². The van der Waals surface area contributed by atoms with E-state index in [1.165, 1.54) is 7.11 Å². The zero-order chi connectivity index (χ0) is 28.4. The molecule has 2 aromatic rings. The van der Waals surface area contributed by atoms with E-state index in [0.29, 0.717) is 32.4 Å². The number of esters is 1. The lowest BCUT2D eigenvalue weighted by Gasteiger charge is -2.34. The van der Waals surface area contributed by atoms with Gasteiger partial charge in [-0.2, -0.15) is 0 Å². The van der Waals surface area contributed by atoms with Crippen LogP contribution in [0.15, 0.2) is 60.7 Å². The van der Waals surface area contributed by atoms with Crippen molar-refractivity contribution in [2.24, 2.45) is 0 Å². The van der Waals surface area contributed by atoms with Gasteiger partial charge in [0, 0.05) is 25.4 Å². The maximum atomic E-state index is 14.2. The van der Waals surface area contributed by atoms with Gasteiger partial charge in [0.2, 0.25) is 11.8 Å². The van der Waals surface area contributed by atoms with Crippen LogP contribution < -0.4 is 10.6 Å². The summed E-state index contributed by atoms with van der Waals surface area (Å²) < 4.78 is 10.2. The minimum Gasteiger partial charge on any atom is -0.469 e. The Hall–Kier alpha value is -3.88. The van der Waals surface area contributed by atoms with Crippen LogP contribution in [0.4, 0.5) is 4.79 Å². The molecule has 3 amide bonds. The van der Waals surface area contributed by atoms with E-state index >= 15 is 0 Å². The summed E-state index contributed by atoms with van der Waals surface area (Å²) >= 11 is 0. The first-order chi connectivity index (χ1) is 18.6. The topological polar surface area (TPSA) is 114 Å². The van der Waals surface area contributed by atoms with Crippen molar-refractivity contribution in [2.75, 3.05) is 20.2 Å². The van der Waals surface area contributed by atoms with Crippen molar-refractivity contribution in [2.45, 2.75) is 70.1 Å². The Bertz CT molecular complexity index is 1080. The largest absolute Gasteiger partial charge is 0.469 e. The lowest BCUT2D eigenvalue weighted by molar-refractivity contribution is -0.141. The van der Waals surface area contributed by atoms with Crippen molar-refractivity contribution in [3.05, 3.63) is 71.8 Å². The van der Waals surface area contributed by atoms with E-state index in [2.05, 4.69) is 15.4 Å². The molecule has 0 aliphatic carbocycles. The van der Waals surface area contributed by atoms with Crippen molar-refractivity contribution in [1.82, 2.24) is 15.5 Å². The zero-order valence-electron chi connectivity index (χ0n) is 23.1. The highest BCUT2D eigenvalue weighted by Crippen LogP contribution is 2.31. The first-order valence-electron chi connectivity index (χ1n) is 13.3. The number of nitrogens with one attached hydrogen (secondary N) is 2.